The minimum absolute atomic E-state index is 0.0643. The van der Waals surface area contributed by atoms with Gasteiger partial charge in [0.15, 0.2) is 0 Å². The number of rotatable bonds is 32. The normalized spacial score (nSPS) is 12.8. The number of amides is 1. The van der Waals surface area contributed by atoms with Crippen LogP contribution in [0, 0.1) is 0 Å². The lowest BCUT2D eigenvalue weighted by molar-refractivity contribution is -0.122. The summed E-state index contributed by atoms with van der Waals surface area (Å²) in [6, 6.07) is 8.93. The van der Waals surface area contributed by atoms with Crippen molar-refractivity contribution in [2.75, 3.05) is 0 Å². The van der Waals surface area contributed by atoms with Crippen LogP contribution in [0.25, 0.3) is 0 Å². The molecule has 46 heavy (non-hydrogen) atoms. The van der Waals surface area contributed by atoms with Gasteiger partial charge in [0.1, 0.15) is 6.10 Å². The molecule has 4 heteroatoms. The standard InChI is InChI=1S/C42H73NO3/c1-4-7-9-11-13-15-17-19-21-23-25-27-32-36-40(46-42(45)38-34-30-29-31-35-38)39(6-3)43-41(44)37-33-28-26-24-22-20-18-16-14-12-10-8-5-2/h29-32,34-36,39-40H,4-28,33,37H2,1-3H3,(H,43,44)/b36-32+/t39-,40+/m0/s1. The smallest absolute Gasteiger partial charge is 0.338 e. The summed E-state index contributed by atoms with van der Waals surface area (Å²) in [5, 5.41) is 3.20. The van der Waals surface area contributed by atoms with Crippen LogP contribution in [0.2, 0.25) is 0 Å². The van der Waals surface area contributed by atoms with Gasteiger partial charge in [-0.25, -0.2) is 4.79 Å². The molecule has 0 aliphatic carbocycles. The lowest BCUT2D eigenvalue weighted by Crippen LogP contribution is -2.44. The van der Waals surface area contributed by atoms with Crippen LogP contribution in [0.15, 0.2) is 42.5 Å². The van der Waals surface area contributed by atoms with E-state index in [2.05, 4.69) is 32.2 Å². The molecule has 0 fully saturated rings. The lowest BCUT2D eigenvalue weighted by Gasteiger charge is -2.25. The van der Waals surface area contributed by atoms with Gasteiger partial charge in [0.2, 0.25) is 5.91 Å². The average molecular weight is 640 g/mol. The Balaban J connectivity index is 2.37. The minimum atomic E-state index is -0.471. The number of carbonyl (C=O) groups excluding carboxylic acids is 2. The van der Waals surface area contributed by atoms with Gasteiger partial charge in [0, 0.05) is 6.42 Å². The van der Waals surface area contributed by atoms with Crippen molar-refractivity contribution < 1.29 is 14.3 Å². The van der Waals surface area contributed by atoms with Gasteiger partial charge in [-0.15, -0.1) is 0 Å². The lowest BCUT2D eigenvalue weighted by atomic mass is 10.0. The van der Waals surface area contributed by atoms with E-state index in [-0.39, 0.29) is 17.9 Å². The number of unbranched alkanes of at least 4 members (excludes halogenated alkanes) is 23. The minimum Gasteiger partial charge on any atom is -0.452 e. The molecule has 0 radical (unpaired) electrons. The maximum absolute atomic E-state index is 12.9. The number of hydrogen-bond acceptors (Lipinski definition) is 3. The number of carbonyl (C=O) groups is 2. The molecule has 0 bridgehead atoms. The Labute approximate surface area is 285 Å². The third-order valence-corrected chi connectivity index (χ3v) is 9.24. The van der Waals surface area contributed by atoms with Crippen LogP contribution in [0.4, 0.5) is 0 Å². The molecule has 0 aromatic heterocycles. The van der Waals surface area contributed by atoms with Gasteiger partial charge in [-0.2, -0.15) is 0 Å². The van der Waals surface area contributed by atoms with Crippen molar-refractivity contribution in [3.8, 4) is 0 Å². The molecule has 0 aliphatic rings. The van der Waals surface area contributed by atoms with E-state index in [0.717, 1.165) is 25.7 Å². The second kappa shape index (κ2) is 31.5. The van der Waals surface area contributed by atoms with Gasteiger partial charge in [-0.1, -0.05) is 186 Å². The van der Waals surface area contributed by atoms with Crippen LogP contribution >= 0.6 is 0 Å². The molecule has 0 heterocycles. The fourth-order valence-electron chi connectivity index (χ4n) is 6.18. The monoisotopic (exact) mass is 640 g/mol. The van der Waals surface area contributed by atoms with E-state index in [1.807, 2.05) is 24.3 Å². The van der Waals surface area contributed by atoms with Crippen molar-refractivity contribution in [1.29, 1.82) is 0 Å². The van der Waals surface area contributed by atoms with Crippen molar-refractivity contribution in [3.05, 3.63) is 48.0 Å². The highest BCUT2D eigenvalue weighted by atomic mass is 16.5. The molecule has 1 rings (SSSR count). The van der Waals surface area contributed by atoms with Crippen molar-refractivity contribution in [2.45, 2.75) is 206 Å². The van der Waals surface area contributed by atoms with Crippen molar-refractivity contribution in [3.63, 3.8) is 0 Å². The molecule has 2 atom stereocenters. The second-order valence-electron chi connectivity index (χ2n) is 13.6. The van der Waals surface area contributed by atoms with Crippen molar-refractivity contribution in [2.24, 2.45) is 0 Å². The SMILES string of the molecule is CCCCCCCCCCCCC/C=C/[C@@H](OC(=O)c1ccccc1)[C@H](CC)NC(=O)CCCCCCCCCCCCCCC. The number of hydrogen-bond donors (Lipinski definition) is 1. The molecular weight excluding hydrogens is 566 g/mol. The third-order valence-electron chi connectivity index (χ3n) is 9.24. The maximum atomic E-state index is 12.9. The van der Waals surface area contributed by atoms with E-state index in [1.54, 1.807) is 12.1 Å². The fraction of sp³-hybridized carbons (Fsp3) is 0.762. The highest BCUT2D eigenvalue weighted by molar-refractivity contribution is 5.89. The van der Waals surface area contributed by atoms with E-state index in [9.17, 15) is 9.59 Å². The van der Waals surface area contributed by atoms with Crippen LogP contribution in [-0.2, 0) is 9.53 Å². The zero-order valence-corrected chi connectivity index (χ0v) is 30.5. The molecular formula is C42H73NO3. The van der Waals surface area contributed by atoms with E-state index >= 15 is 0 Å². The van der Waals surface area contributed by atoms with E-state index in [1.165, 1.54) is 135 Å². The first-order valence-corrected chi connectivity index (χ1v) is 19.8. The summed E-state index contributed by atoms with van der Waals surface area (Å²) in [6.45, 7) is 6.60. The molecule has 0 aliphatic heterocycles. The number of ether oxygens (including phenoxy) is 1. The molecule has 0 unspecified atom stereocenters. The highest BCUT2D eigenvalue weighted by Gasteiger charge is 2.24. The van der Waals surface area contributed by atoms with Crippen LogP contribution in [-0.4, -0.2) is 24.0 Å². The van der Waals surface area contributed by atoms with Gasteiger partial charge in [0.05, 0.1) is 11.6 Å². The quantitative estimate of drug-likeness (QED) is 0.0485. The van der Waals surface area contributed by atoms with Gasteiger partial charge in [-0.3, -0.25) is 4.79 Å². The average Bonchev–Trinajstić information content (AvgIpc) is 3.07. The summed E-state index contributed by atoms with van der Waals surface area (Å²) in [5.74, 6) is -0.274. The molecule has 4 nitrogen and oxygen atoms in total. The summed E-state index contributed by atoms with van der Waals surface area (Å²) in [4.78, 5) is 25.8. The van der Waals surface area contributed by atoms with Gasteiger partial charge >= 0.3 is 5.97 Å². The first-order chi connectivity index (χ1) is 22.6. The first kappa shape index (κ1) is 41.9. The summed E-state index contributed by atoms with van der Waals surface area (Å²) < 4.78 is 5.98. The Morgan fingerprint density at radius 2 is 1.04 bits per heavy atom. The van der Waals surface area contributed by atoms with E-state index < -0.39 is 6.10 Å². The molecule has 1 aromatic rings. The Hall–Kier alpha value is -2.10. The van der Waals surface area contributed by atoms with E-state index in [0.29, 0.717) is 18.4 Å². The predicted molar refractivity (Wildman–Crippen MR) is 198 cm³/mol. The summed E-state index contributed by atoms with van der Waals surface area (Å²) in [7, 11) is 0. The van der Waals surface area contributed by atoms with Crippen LogP contribution < -0.4 is 5.32 Å². The number of benzene rings is 1. The third kappa shape index (κ3) is 24.1. The molecule has 0 saturated heterocycles. The van der Waals surface area contributed by atoms with Gasteiger partial charge in [0.25, 0.3) is 0 Å². The summed E-state index contributed by atoms with van der Waals surface area (Å²) in [5.41, 5.74) is 0.541. The zero-order chi connectivity index (χ0) is 33.3. The Morgan fingerprint density at radius 1 is 0.609 bits per heavy atom. The van der Waals surface area contributed by atoms with Gasteiger partial charge in [-0.05, 0) is 43.9 Å². The second-order valence-corrected chi connectivity index (χ2v) is 13.6. The predicted octanol–water partition coefficient (Wildman–Crippen LogP) is 12.8. The van der Waals surface area contributed by atoms with Crippen molar-refractivity contribution in [1.82, 2.24) is 5.32 Å². The first-order valence-electron chi connectivity index (χ1n) is 19.8. The highest BCUT2D eigenvalue weighted by Crippen LogP contribution is 2.16. The molecule has 0 saturated carbocycles. The fourth-order valence-corrected chi connectivity index (χ4v) is 6.18. The molecule has 1 N–H and O–H groups in total. The van der Waals surface area contributed by atoms with Crippen LogP contribution in [0.3, 0.4) is 0 Å². The Morgan fingerprint density at radius 3 is 1.50 bits per heavy atom. The molecule has 264 valence electrons. The Kier molecular flexibility index (Phi) is 28.7. The molecule has 0 spiro atoms. The molecule has 1 aromatic carbocycles. The summed E-state index contributed by atoms with van der Waals surface area (Å²) >= 11 is 0. The number of allylic oxidation sites excluding steroid dienone is 1. The molecule has 1 amide bonds. The largest absolute Gasteiger partial charge is 0.452 e. The maximum Gasteiger partial charge on any atom is 0.338 e. The van der Waals surface area contributed by atoms with Gasteiger partial charge < -0.3 is 10.1 Å². The number of nitrogens with one attached hydrogen (secondary N) is 1. The van der Waals surface area contributed by atoms with E-state index in [4.69, 9.17) is 4.74 Å². The number of esters is 1. The van der Waals surface area contributed by atoms with Crippen LogP contribution in [0.5, 0.6) is 0 Å². The Bertz CT molecular complexity index is 852. The van der Waals surface area contributed by atoms with Crippen molar-refractivity contribution >= 4 is 11.9 Å². The summed E-state index contributed by atoms with van der Waals surface area (Å²) in [6.07, 6.45) is 37.4. The topological polar surface area (TPSA) is 55.4 Å². The van der Waals surface area contributed by atoms with Crippen LogP contribution in [0.1, 0.15) is 204 Å². The zero-order valence-electron chi connectivity index (χ0n) is 30.5.